The molecule has 0 fully saturated rings. The molecule has 0 saturated carbocycles. The van der Waals surface area contributed by atoms with Gasteiger partial charge in [-0.1, -0.05) is 0 Å². The molecule has 0 radical (unpaired) electrons. The van der Waals surface area contributed by atoms with E-state index in [1.54, 1.807) is 20.8 Å². The molecule has 96 valence electrons. The molecule has 0 spiro atoms. The molecule has 0 unspecified atom stereocenters. The van der Waals surface area contributed by atoms with Gasteiger partial charge in [0.1, 0.15) is 12.2 Å². The average Bonchev–Trinajstić information content (AvgIpc) is 1.97. The molecule has 16 heavy (non-hydrogen) atoms. The summed E-state index contributed by atoms with van der Waals surface area (Å²) in [6.45, 7) is 3.68. The first-order valence-electron chi connectivity index (χ1n) is 4.60. The molecule has 0 amide bonds. The Morgan fingerprint density at radius 1 is 1.12 bits per heavy atom. The molecular weight excluding hydrogens is 229 g/mol. The first-order chi connectivity index (χ1) is 7.10. The van der Waals surface area contributed by atoms with Gasteiger partial charge in [-0.25, -0.2) is 4.79 Å². The standard InChI is InChI=1S/C9H15F3O4/c1-8(2,3)16-7(13)6-14-4-5-15-9(10,11)12/h4-6H2,1-3H3. The summed E-state index contributed by atoms with van der Waals surface area (Å²) < 4.78 is 47.4. The van der Waals surface area contributed by atoms with Crippen molar-refractivity contribution in [2.75, 3.05) is 19.8 Å². The highest BCUT2D eigenvalue weighted by Gasteiger charge is 2.28. The van der Waals surface area contributed by atoms with Gasteiger partial charge in [-0.15, -0.1) is 13.2 Å². The maximum atomic E-state index is 11.5. The van der Waals surface area contributed by atoms with E-state index in [9.17, 15) is 18.0 Å². The molecule has 4 nitrogen and oxygen atoms in total. The van der Waals surface area contributed by atoms with Crippen molar-refractivity contribution in [3.05, 3.63) is 0 Å². The third kappa shape index (κ3) is 11.3. The Kier molecular flexibility index (Phi) is 5.74. The third-order valence-electron chi connectivity index (χ3n) is 1.13. The van der Waals surface area contributed by atoms with Gasteiger partial charge in [0.25, 0.3) is 0 Å². The number of halogens is 3. The van der Waals surface area contributed by atoms with E-state index < -0.39 is 31.1 Å². The van der Waals surface area contributed by atoms with E-state index in [4.69, 9.17) is 4.74 Å². The van der Waals surface area contributed by atoms with Crippen molar-refractivity contribution in [3.8, 4) is 0 Å². The fraction of sp³-hybridized carbons (Fsp3) is 0.889. The second-order valence-electron chi connectivity index (χ2n) is 3.93. The average molecular weight is 244 g/mol. The first kappa shape index (κ1) is 15.2. The lowest BCUT2D eigenvalue weighted by molar-refractivity contribution is -0.326. The van der Waals surface area contributed by atoms with Gasteiger partial charge in [0, 0.05) is 0 Å². The van der Waals surface area contributed by atoms with Gasteiger partial charge < -0.3 is 9.47 Å². The van der Waals surface area contributed by atoms with Crippen LogP contribution in [0.25, 0.3) is 0 Å². The maximum absolute atomic E-state index is 11.5. The monoisotopic (exact) mass is 244 g/mol. The van der Waals surface area contributed by atoms with Crippen LogP contribution in [0.4, 0.5) is 13.2 Å². The molecule has 0 aliphatic rings. The van der Waals surface area contributed by atoms with Gasteiger partial charge in [0.2, 0.25) is 0 Å². The van der Waals surface area contributed by atoms with Gasteiger partial charge >= 0.3 is 12.3 Å². The summed E-state index contributed by atoms with van der Waals surface area (Å²) in [5, 5.41) is 0. The molecule has 0 bridgehead atoms. The molecule has 0 aliphatic carbocycles. The van der Waals surface area contributed by atoms with Crippen molar-refractivity contribution in [1.82, 2.24) is 0 Å². The van der Waals surface area contributed by atoms with Crippen LogP contribution in [0.2, 0.25) is 0 Å². The van der Waals surface area contributed by atoms with E-state index in [0.717, 1.165) is 0 Å². The Hall–Kier alpha value is -0.820. The number of hydrogen-bond acceptors (Lipinski definition) is 4. The number of carbonyl (C=O) groups excluding carboxylic acids is 1. The highest BCUT2D eigenvalue weighted by atomic mass is 19.4. The van der Waals surface area contributed by atoms with Crippen LogP contribution < -0.4 is 0 Å². The van der Waals surface area contributed by atoms with E-state index >= 15 is 0 Å². The van der Waals surface area contributed by atoms with Crippen LogP contribution in [0.3, 0.4) is 0 Å². The highest BCUT2D eigenvalue weighted by molar-refractivity contribution is 5.71. The SMILES string of the molecule is CC(C)(C)OC(=O)COCCOC(F)(F)F. The molecule has 0 saturated heterocycles. The van der Waals surface area contributed by atoms with Crippen LogP contribution in [-0.2, 0) is 19.0 Å². The van der Waals surface area contributed by atoms with Crippen LogP contribution in [0.5, 0.6) is 0 Å². The van der Waals surface area contributed by atoms with Gasteiger partial charge in [0.05, 0.1) is 13.2 Å². The largest absolute Gasteiger partial charge is 0.522 e. The molecule has 7 heteroatoms. The molecule has 0 aromatic carbocycles. The van der Waals surface area contributed by atoms with Gasteiger partial charge in [-0.3, -0.25) is 4.74 Å². The molecule has 0 N–H and O–H groups in total. The zero-order chi connectivity index (χ0) is 12.8. The normalized spacial score (nSPS) is 12.6. The fourth-order valence-corrected chi connectivity index (χ4v) is 0.743. The minimum atomic E-state index is -4.67. The minimum Gasteiger partial charge on any atom is -0.458 e. The molecule has 0 aromatic heterocycles. The van der Waals surface area contributed by atoms with Gasteiger partial charge in [0.15, 0.2) is 0 Å². The summed E-state index contributed by atoms with van der Waals surface area (Å²) in [5.74, 6) is -0.625. The predicted molar refractivity (Wildman–Crippen MR) is 48.7 cm³/mol. The summed E-state index contributed by atoms with van der Waals surface area (Å²) in [6, 6.07) is 0. The molecule has 0 aliphatic heterocycles. The van der Waals surface area contributed by atoms with Crippen molar-refractivity contribution in [3.63, 3.8) is 0 Å². The van der Waals surface area contributed by atoms with Crippen LogP contribution in [0.15, 0.2) is 0 Å². The van der Waals surface area contributed by atoms with Gasteiger partial charge in [-0.05, 0) is 20.8 Å². The highest BCUT2D eigenvalue weighted by Crippen LogP contribution is 2.15. The minimum absolute atomic E-state index is 0.321. The van der Waals surface area contributed by atoms with E-state index in [2.05, 4.69) is 9.47 Å². The number of esters is 1. The smallest absolute Gasteiger partial charge is 0.458 e. The fourth-order valence-electron chi connectivity index (χ4n) is 0.743. The Bertz CT molecular complexity index is 220. The number of rotatable bonds is 5. The summed E-state index contributed by atoms with van der Waals surface area (Å²) >= 11 is 0. The molecule has 0 atom stereocenters. The van der Waals surface area contributed by atoms with E-state index in [0.29, 0.717) is 0 Å². The van der Waals surface area contributed by atoms with Crippen molar-refractivity contribution in [2.45, 2.75) is 32.7 Å². The second-order valence-corrected chi connectivity index (χ2v) is 3.93. The van der Waals surface area contributed by atoms with Crippen molar-refractivity contribution in [2.24, 2.45) is 0 Å². The lowest BCUT2D eigenvalue weighted by Gasteiger charge is -2.19. The van der Waals surface area contributed by atoms with Crippen LogP contribution in [0.1, 0.15) is 20.8 Å². The quantitative estimate of drug-likeness (QED) is 0.547. The number of alkyl halides is 3. The zero-order valence-electron chi connectivity index (χ0n) is 9.39. The topological polar surface area (TPSA) is 44.8 Å². The molecule has 0 heterocycles. The third-order valence-corrected chi connectivity index (χ3v) is 1.13. The second kappa shape index (κ2) is 6.05. The first-order valence-corrected chi connectivity index (χ1v) is 4.60. The predicted octanol–water partition coefficient (Wildman–Crippen LogP) is 1.88. The summed E-state index contributed by atoms with van der Waals surface area (Å²) in [7, 11) is 0. The molecule has 0 rings (SSSR count). The zero-order valence-corrected chi connectivity index (χ0v) is 9.39. The van der Waals surface area contributed by atoms with E-state index in [1.807, 2.05) is 0 Å². The Morgan fingerprint density at radius 3 is 2.12 bits per heavy atom. The van der Waals surface area contributed by atoms with Crippen molar-refractivity contribution < 1.29 is 32.2 Å². The lowest BCUT2D eigenvalue weighted by Crippen LogP contribution is -2.27. The summed E-state index contributed by atoms with van der Waals surface area (Å²) in [5.41, 5.74) is -0.636. The Morgan fingerprint density at radius 2 is 1.69 bits per heavy atom. The summed E-state index contributed by atoms with van der Waals surface area (Å²) in [6.07, 6.45) is -4.67. The number of hydrogen-bond donors (Lipinski definition) is 0. The van der Waals surface area contributed by atoms with Crippen LogP contribution in [0, 0.1) is 0 Å². The van der Waals surface area contributed by atoms with Gasteiger partial charge in [-0.2, -0.15) is 0 Å². The summed E-state index contributed by atoms with van der Waals surface area (Å²) in [4.78, 5) is 11.0. The molecular formula is C9H15F3O4. The van der Waals surface area contributed by atoms with E-state index in [1.165, 1.54) is 0 Å². The van der Waals surface area contributed by atoms with Crippen molar-refractivity contribution in [1.29, 1.82) is 0 Å². The Labute approximate surface area is 91.7 Å². The Balaban J connectivity index is 3.50. The maximum Gasteiger partial charge on any atom is 0.522 e. The lowest BCUT2D eigenvalue weighted by atomic mass is 10.2. The number of ether oxygens (including phenoxy) is 3. The molecule has 0 aromatic rings. The van der Waals surface area contributed by atoms with Crippen LogP contribution >= 0.6 is 0 Å². The number of carbonyl (C=O) groups is 1. The van der Waals surface area contributed by atoms with E-state index in [-0.39, 0.29) is 6.61 Å². The van der Waals surface area contributed by atoms with Crippen LogP contribution in [-0.4, -0.2) is 37.8 Å². The van der Waals surface area contributed by atoms with Crippen molar-refractivity contribution >= 4 is 5.97 Å².